The molecule has 0 saturated carbocycles. The van der Waals surface area contributed by atoms with Gasteiger partial charge in [-0.3, -0.25) is 14.4 Å². The predicted molar refractivity (Wildman–Crippen MR) is 110 cm³/mol. The fraction of sp³-hybridized carbons (Fsp3) is 0.348. The maximum absolute atomic E-state index is 12.7. The van der Waals surface area contributed by atoms with Gasteiger partial charge in [-0.2, -0.15) is 0 Å². The van der Waals surface area contributed by atoms with E-state index < -0.39 is 0 Å². The van der Waals surface area contributed by atoms with Gasteiger partial charge in [-0.1, -0.05) is 24.3 Å². The zero-order chi connectivity index (χ0) is 20.5. The first-order valence-corrected chi connectivity index (χ1v) is 9.98. The number of benzene rings is 2. The molecule has 2 fully saturated rings. The summed E-state index contributed by atoms with van der Waals surface area (Å²) in [4.78, 5) is 40.8. The van der Waals surface area contributed by atoms with E-state index in [0.29, 0.717) is 18.7 Å². The van der Waals surface area contributed by atoms with Crippen LogP contribution in [0.15, 0.2) is 42.5 Å². The topological polar surface area (TPSA) is 69.7 Å². The standard InChI is InChI=1S/C23H25N3O3/c1-15-5-6-16(2)19(12-15)24-22(28)18-9-7-17(8-10-18)13-25-14-21(27)26-11-3-4-20(26)23(25)29/h5-10,12,20H,3-4,11,13-14H2,1-2H3,(H,24,28)/t20-/m1/s1. The van der Waals surface area contributed by atoms with E-state index in [1.807, 2.05) is 44.2 Å². The summed E-state index contributed by atoms with van der Waals surface area (Å²) in [6, 6.07) is 12.9. The van der Waals surface area contributed by atoms with Crippen molar-refractivity contribution in [2.45, 2.75) is 39.3 Å². The van der Waals surface area contributed by atoms with Crippen LogP contribution in [0.3, 0.4) is 0 Å². The summed E-state index contributed by atoms with van der Waals surface area (Å²) < 4.78 is 0. The van der Waals surface area contributed by atoms with Crippen LogP contribution >= 0.6 is 0 Å². The molecular weight excluding hydrogens is 366 g/mol. The van der Waals surface area contributed by atoms with Crippen molar-refractivity contribution in [2.24, 2.45) is 0 Å². The molecule has 2 aromatic rings. The quantitative estimate of drug-likeness (QED) is 0.871. The molecule has 2 aliphatic heterocycles. The number of anilines is 1. The van der Waals surface area contributed by atoms with Crippen molar-refractivity contribution in [3.05, 3.63) is 64.7 Å². The number of hydrogen-bond acceptors (Lipinski definition) is 3. The smallest absolute Gasteiger partial charge is 0.255 e. The van der Waals surface area contributed by atoms with E-state index in [-0.39, 0.29) is 30.3 Å². The van der Waals surface area contributed by atoms with Crippen LogP contribution in [0, 0.1) is 13.8 Å². The molecule has 2 saturated heterocycles. The number of nitrogens with one attached hydrogen (secondary N) is 1. The lowest BCUT2D eigenvalue weighted by atomic mass is 10.1. The molecule has 6 nitrogen and oxygen atoms in total. The van der Waals surface area contributed by atoms with Crippen LogP contribution in [0.25, 0.3) is 0 Å². The highest BCUT2D eigenvalue weighted by atomic mass is 16.2. The van der Waals surface area contributed by atoms with Gasteiger partial charge in [0.15, 0.2) is 0 Å². The highest BCUT2D eigenvalue weighted by Crippen LogP contribution is 2.25. The second-order valence-corrected chi connectivity index (χ2v) is 7.91. The van der Waals surface area contributed by atoms with E-state index in [1.54, 1.807) is 21.9 Å². The van der Waals surface area contributed by atoms with Gasteiger partial charge < -0.3 is 15.1 Å². The minimum absolute atomic E-state index is 0.0247. The number of nitrogens with zero attached hydrogens (tertiary/aromatic N) is 2. The average molecular weight is 391 g/mol. The van der Waals surface area contributed by atoms with Crippen LogP contribution in [0.4, 0.5) is 5.69 Å². The number of carbonyl (C=O) groups excluding carboxylic acids is 3. The first kappa shape index (κ1) is 19.2. The summed E-state index contributed by atoms with van der Waals surface area (Å²) in [5.74, 6) is -0.119. The molecule has 0 aromatic heterocycles. The summed E-state index contributed by atoms with van der Waals surface area (Å²) in [5, 5.41) is 2.95. The Labute approximate surface area is 170 Å². The fourth-order valence-corrected chi connectivity index (χ4v) is 4.05. The molecular formula is C23H25N3O3. The van der Waals surface area contributed by atoms with Crippen LogP contribution in [0.1, 0.15) is 39.9 Å². The molecule has 0 spiro atoms. The lowest BCUT2D eigenvalue weighted by Gasteiger charge is -2.36. The monoisotopic (exact) mass is 391 g/mol. The van der Waals surface area contributed by atoms with E-state index in [9.17, 15) is 14.4 Å². The summed E-state index contributed by atoms with van der Waals surface area (Å²) >= 11 is 0. The van der Waals surface area contributed by atoms with Crippen molar-refractivity contribution >= 4 is 23.4 Å². The zero-order valence-corrected chi connectivity index (χ0v) is 16.8. The molecule has 29 heavy (non-hydrogen) atoms. The van der Waals surface area contributed by atoms with Gasteiger partial charge in [-0.05, 0) is 61.6 Å². The van der Waals surface area contributed by atoms with Crippen molar-refractivity contribution in [2.75, 3.05) is 18.4 Å². The van der Waals surface area contributed by atoms with Crippen molar-refractivity contribution in [1.29, 1.82) is 0 Å². The highest BCUT2D eigenvalue weighted by Gasteiger charge is 2.41. The molecule has 2 aliphatic rings. The molecule has 0 bridgehead atoms. The van der Waals surface area contributed by atoms with Crippen LogP contribution in [-0.2, 0) is 16.1 Å². The second-order valence-electron chi connectivity index (χ2n) is 7.91. The van der Waals surface area contributed by atoms with Crippen LogP contribution in [-0.4, -0.2) is 46.7 Å². The lowest BCUT2D eigenvalue weighted by Crippen LogP contribution is -2.56. The summed E-state index contributed by atoms with van der Waals surface area (Å²) in [6.45, 7) is 5.15. The number of hydrogen-bond donors (Lipinski definition) is 1. The molecule has 0 aliphatic carbocycles. The molecule has 6 heteroatoms. The van der Waals surface area contributed by atoms with E-state index in [0.717, 1.165) is 35.2 Å². The number of aryl methyl sites for hydroxylation is 2. The minimum atomic E-state index is -0.293. The summed E-state index contributed by atoms with van der Waals surface area (Å²) in [7, 11) is 0. The van der Waals surface area contributed by atoms with Gasteiger partial charge in [0.25, 0.3) is 5.91 Å². The SMILES string of the molecule is Cc1ccc(C)c(NC(=O)c2ccc(CN3CC(=O)N4CCC[C@@H]4C3=O)cc2)c1. The van der Waals surface area contributed by atoms with Crippen molar-refractivity contribution in [1.82, 2.24) is 9.80 Å². The Morgan fingerprint density at radius 1 is 1.10 bits per heavy atom. The Kier molecular flexibility index (Phi) is 5.09. The third kappa shape index (κ3) is 3.88. The third-order valence-electron chi connectivity index (χ3n) is 5.73. The molecule has 4 rings (SSSR count). The third-order valence-corrected chi connectivity index (χ3v) is 5.73. The normalized spacial score (nSPS) is 18.8. The van der Waals surface area contributed by atoms with Crippen molar-refractivity contribution in [3.8, 4) is 0 Å². The predicted octanol–water partition coefficient (Wildman–Crippen LogP) is 2.89. The van der Waals surface area contributed by atoms with Gasteiger partial charge in [-0.25, -0.2) is 0 Å². The molecule has 2 aromatic carbocycles. The van der Waals surface area contributed by atoms with Gasteiger partial charge >= 0.3 is 0 Å². The van der Waals surface area contributed by atoms with Crippen LogP contribution in [0.2, 0.25) is 0 Å². The van der Waals surface area contributed by atoms with Crippen molar-refractivity contribution < 1.29 is 14.4 Å². The maximum Gasteiger partial charge on any atom is 0.255 e. The highest BCUT2D eigenvalue weighted by molar-refractivity contribution is 6.04. The number of carbonyl (C=O) groups is 3. The van der Waals surface area contributed by atoms with Gasteiger partial charge in [0.2, 0.25) is 11.8 Å². The number of rotatable bonds is 4. The average Bonchev–Trinajstić information content (AvgIpc) is 3.20. The van der Waals surface area contributed by atoms with Gasteiger partial charge in [0.05, 0.1) is 0 Å². The van der Waals surface area contributed by atoms with E-state index >= 15 is 0 Å². The zero-order valence-electron chi connectivity index (χ0n) is 16.8. The van der Waals surface area contributed by atoms with Gasteiger partial charge in [0.1, 0.15) is 12.6 Å². The Hall–Kier alpha value is -3.15. The molecule has 2 heterocycles. The Balaban J connectivity index is 1.42. The van der Waals surface area contributed by atoms with E-state index in [4.69, 9.17) is 0 Å². The van der Waals surface area contributed by atoms with Crippen LogP contribution in [0.5, 0.6) is 0 Å². The number of piperazine rings is 1. The van der Waals surface area contributed by atoms with Gasteiger partial charge in [0, 0.05) is 24.3 Å². The Bertz CT molecular complexity index is 968. The Morgan fingerprint density at radius 3 is 2.62 bits per heavy atom. The van der Waals surface area contributed by atoms with Crippen molar-refractivity contribution in [3.63, 3.8) is 0 Å². The number of fused-ring (bicyclic) bond motifs is 1. The van der Waals surface area contributed by atoms with Gasteiger partial charge in [-0.15, -0.1) is 0 Å². The lowest BCUT2D eigenvalue weighted by molar-refractivity contribution is -0.154. The summed E-state index contributed by atoms with van der Waals surface area (Å²) in [6.07, 6.45) is 1.64. The van der Waals surface area contributed by atoms with Crippen LogP contribution < -0.4 is 5.32 Å². The number of amides is 3. The molecule has 150 valence electrons. The Morgan fingerprint density at radius 2 is 1.86 bits per heavy atom. The molecule has 1 atom stereocenters. The first-order chi connectivity index (χ1) is 13.9. The first-order valence-electron chi connectivity index (χ1n) is 9.98. The molecule has 0 radical (unpaired) electrons. The van der Waals surface area contributed by atoms with E-state index in [2.05, 4.69) is 5.32 Å². The molecule has 3 amide bonds. The summed E-state index contributed by atoms with van der Waals surface area (Å²) in [5.41, 5.74) is 4.36. The maximum atomic E-state index is 12.7. The molecule has 0 unspecified atom stereocenters. The second kappa shape index (κ2) is 7.70. The largest absolute Gasteiger partial charge is 0.329 e. The van der Waals surface area contributed by atoms with E-state index in [1.165, 1.54) is 0 Å². The minimum Gasteiger partial charge on any atom is -0.329 e. The fourth-order valence-electron chi connectivity index (χ4n) is 4.05. The molecule has 1 N–H and O–H groups in total.